The largest absolute Gasteiger partial charge is 0.394 e. The molecule has 15 nitrogen and oxygen atoms in total. The minimum atomic E-state index is -1.59. The molecule has 8 fully saturated rings. The fraction of sp³-hybridized carbons (Fsp3) is 1.00. The second kappa shape index (κ2) is 14.6. The van der Waals surface area contributed by atoms with E-state index in [1.807, 2.05) is 0 Å². The third-order valence-corrected chi connectivity index (χ3v) is 16.2. The van der Waals surface area contributed by atoms with Crippen LogP contribution in [-0.4, -0.2) is 157 Å². The second-order valence-corrected chi connectivity index (χ2v) is 19.0. The van der Waals surface area contributed by atoms with Crippen LogP contribution in [0.4, 0.5) is 0 Å². The lowest BCUT2D eigenvalue weighted by Gasteiger charge is -2.63. The van der Waals surface area contributed by atoms with E-state index in [1.165, 1.54) is 0 Å². The highest BCUT2D eigenvalue weighted by Gasteiger charge is 2.71. The molecule has 0 amide bonds. The predicted molar refractivity (Wildman–Crippen MR) is 186 cm³/mol. The monoisotopic (exact) mass is 772 g/mol. The van der Waals surface area contributed by atoms with Gasteiger partial charge in [0.25, 0.3) is 0 Å². The van der Waals surface area contributed by atoms with E-state index in [9.17, 15) is 46.0 Å². The van der Waals surface area contributed by atoms with Crippen LogP contribution in [0.2, 0.25) is 0 Å². The van der Waals surface area contributed by atoms with Crippen LogP contribution in [0.3, 0.4) is 0 Å². The Kier molecular flexibility index (Phi) is 10.9. The summed E-state index contributed by atoms with van der Waals surface area (Å²) in [6, 6.07) is 0. The van der Waals surface area contributed by atoms with Crippen molar-refractivity contribution in [1.29, 1.82) is 0 Å². The molecule has 0 unspecified atom stereocenters. The Balaban J connectivity index is 1.07. The Hall–Kier alpha value is -0.600. The van der Waals surface area contributed by atoms with Crippen molar-refractivity contribution in [2.45, 2.75) is 171 Å². The molecule has 0 aromatic carbocycles. The lowest BCUT2D eigenvalue weighted by atomic mass is 9.43. The van der Waals surface area contributed by atoms with Gasteiger partial charge in [0.1, 0.15) is 54.9 Å². The summed E-state index contributed by atoms with van der Waals surface area (Å²) in [4.78, 5) is 0. The molecule has 8 aliphatic rings. The van der Waals surface area contributed by atoms with Crippen molar-refractivity contribution in [2.24, 2.45) is 52.3 Å². The maximum absolute atomic E-state index is 11.3. The highest BCUT2D eigenvalue weighted by Crippen LogP contribution is 2.71. The maximum atomic E-state index is 11.3. The zero-order valence-electron chi connectivity index (χ0n) is 31.9. The number of aliphatic hydroxyl groups excluding tert-OH is 9. The van der Waals surface area contributed by atoms with E-state index in [0.717, 1.165) is 25.7 Å². The summed E-state index contributed by atoms with van der Waals surface area (Å²) in [7, 11) is 0. The number of ether oxygens (including phenoxy) is 6. The van der Waals surface area contributed by atoms with E-state index in [0.29, 0.717) is 38.2 Å². The fourth-order valence-electron chi connectivity index (χ4n) is 13.4. The molecule has 0 aromatic heterocycles. The SMILES string of the molecule is C[C@@H]1CO[C@]2(O[C@H]3C[C@H]4[C@@H]5C[C@H](O[C@@H]6O[C@H](CO)[C@@H](O)[C@H](O)[C@H]6O)[C@H]6C[C@@H](O[C@@H]7O[C@H](CO)[C@@H](O)[C@H](O)[C@H]7O)CC[C@]6(C)[C@H]5CC[C@]4(C)[C@H]3[C@@H]2C)[C@H](O)C1. The molecule has 24 atom stereocenters. The first-order chi connectivity index (χ1) is 25.6. The molecule has 9 N–H and O–H groups in total. The van der Waals surface area contributed by atoms with Crippen molar-refractivity contribution in [2.75, 3.05) is 19.8 Å². The zero-order valence-corrected chi connectivity index (χ0v) is 31.9. The number of fused-ring (bicyclic) bond motifs is 7. The topological polar surface area (TPSA) is 237 Å². The molecule has 0 aromatic rings. The average Bonchev–Trinajstić information content (AvgIpc) is 3.60. The molecule has 4 saturated heterocycles. The zero-order chi connectivity index (χ0) is 38.6. The summed E-state index contributed by atoms with van der Waals surface area (Å²) in [6.07, 6.45) is -9.78. The van der Waals surface area contributed by atoms with Gasteiger partial charge in [0, 0.05) is 5.92 Å². The Bertz CT molecular complexity index is 1340. The van der Waals surface area contributed by atoms with Crippen LogP contribution in [0.15, 0.2) is 0 Å². The van der Waals surface area contributed by atoms with Gasteiger partial charge in [-0.2, -0.15) is 0 Å². The number of hydrogen-bond donors (Lipinski definition) is 9. The van der Waals surface area contributed by atoms with Crippen LogP contribution in [-0.2, 0) is 28.4 Å². The van der Waals surface area contributed by atoms with E-state index in [-0.39, 0.29) is 52.4 Å². The van der Waals surface area contributed by atoms with Gasteiger partial charge in [0.15, 0.2) is 18.4 Å². The van der Waals surface area contributed by atoms with Crippen LogP contribution in [0.25, 0.3) is 0 Å². The van der Waals surface area contributed by atoms with Crippen molar-refractivity contribution < 1.29 is 74.4 Å². The number of rotatable bonds is 6. The van der Waals surface area contributed by atoms with Crippen LogP contribution >= 0.6 is 0 Å². The van der Waals surface area contributed by atoms with Crippen molar-refractivity contribution in [3.8, 4) is 0 Å². The predicted octanol–water partition coefficient (Wildman–Crippen LogP) is -0.616. The highest BCUT2D eigenvalue weighted by atomic mass is 16.7. The Labute approximate surface area is 316 Å². The lowest BCUT2D eigenvalue weighted by Crippen LogP contribution is -2.63. The summed E-state index contributed by atoms with van der Waals surface area (Å²) in [5.41, 5.74) is -0.330. The molecule has 54 heavy (non-hydrogen) atoms. The minimum absolute atomic E-state index is 0.000329. The smallest absolute Gasteiger partial charge is 0.197 e. The molecule has 0 bridgehead atoms. The lowest BCUT2D eigenvalue weighted by molar-refractivity contribution is -0.335. The van der Waals surface area contributed by atoms with Gasteiger partial charge < -0.3 is 74.4 Å². The van der Waals surface area contributed by atoms with Crippen LogP contribution < -0.4 is 0 Å². The van der Waals surface area contributed by atoms with Crippen LogP contribution in [0.5, 0.6) is 0 Å². The first kappa shape index (κ1) is 40.2. The summed E-state index contributed by atoms with van der Waals surface area (Å²) in [5.74, 6) is 0.156. The van der Waals surface area contributed by atoms with Gasteiger partial charge in [-0.25, -0.2) is 0 Å². The Morgan fingerprint density at radius 3 is 1.87 bits per heavy atom. The quantitative estimate of drug-likeness (QED) is 0.153. The Morgan fingerprint density at radius 2 is 1.26 bits per heavy atom. The second-order valence-electron chi connectivity index (χ2n) is 19.0. The molecule has 8 rings (SSSR count). The van der Waals surface area contributed by atoms with Crippen LogP contribution in [0, 0.1) is 52.3 Å². The van der Waals surface area contributed by atoms with Gasteiger partial charge in [0.05, 0.1) is 38.1 Å². The minimum Gasteiger partial charge on any atom is -0.394 e. The molecular formula is C39H64O15. The third-order valence-electron chi connectivity index (χ3n) is 16.2. The van der Waals surface area contributed by atoms with Gasteiger partial charge in [0.2, 0.25) is 0 Å². The summed E-state index contributed by atoms with van der Waals surface area (Å²) in [6.45, 7) is 8.39. The molecule has 4 aliphatic heterocycles. The molecule has 15 heteroatoms. The molecule has 0 radical (unpaired) electrons. The van der Waals surface area contributed by atoms with Crippen molar-refractivity contribution in [1.82, 2.24) is 0 Å². The van der Waals surface area contributed by atoms with Gasteiger partial charge >= 0.3 is 0 Å². The Morgan fingerprint density at radius 1 is 0.648 bits per heavy atom. The van der Waals surface area contributed by atoms with Gasteiger partial charge in [-0.1, -0.05) is 27.7 Å². The maximum Gasteiger partial charge on any atom is 0.197 e. The highest BCUT2D eigenvalue weighted by molar-refractivity contribution is 5.17. The van der Waals surface area contributed by atoms with Crippen molar-refractivity contribution in [3.63, 3.8) is 0 Å². The van der Waals surface area contributed by atoms with E-state index in [1.54, 1.807) is 0 Å². The van der Waals surface area contributed by atoms with E-state index in [4.69, 9.17) is 28.4 Å². The van der Waals surface area contributed by atoms with Gasteiger partial charge in [-0.15, -0.1) is 0 Å². The van der Waals surface area contributed by atoms with Crippen molar-refractivity contribution >= 4 is 0 Å². The molecule has 1 spiro atoms. The van der Waals surface area contributed by atoms with E-state index >= 15 is 0 Å². The first-order valence-electron chi connectivity index (χ1n) is 20.5. The van der Waals surface area contributed by atoms with Gasteiger partial charge in [-0.3, -0.25) is 0 Å². The van der Waals surface area contributed by atoms with Crippen LogP contribution in [0.1, 0.15) is 79.1 Å². The molecule has 4 aliphatic carbocycles. The number of hydrogen-bond acceptors (Lipinski definition) is 15. The fourth-order valence-corrected chi connectivity index (χ4v) is 13.4. The summed E-state index contributed by atoms with van der Waals surface area (Å²) >= 11 is 0. The summed E-state index contributed by atoms with van der Waals surface area (Å²) < 4.78 is 37.9. The average molecular weight is 773 g/mol. The third kappa shape index (κ3) is 6.09. The molecule has 4 saturated carbocycles. The van der Waals surface area contributed by atoms with E-state index < -0.39 is 98.7 Å². The number of aliphatic hydroxyl groups is 9. The standard InChI is InChI=1S/C39H64O15/c1-16-9-27(42)39(49-15-16)17(2)28-24(54-39)12-21-19-11-23(51-36-34(48)32(46)30(44)26(14-41)53-36)22-10-18(5-7-37(22,3)20(19)6-8-38(21,28)4)50-35-33(47)31(45)29(43)25(13-40)52-35/h16-36,40-48H,5-15H2,1-4H3/t16-,17-,18-,19+,20-,21-,22+,23-,24-,25+,26+,27+,28-,29+,30+,31-,32-,33+,34+,35+,36+,37+,38-,39+/m0/s1. The van der Waals surface area contributed by atoms with Crippen molar-refractivity contribution in [3.05, 3.63) is 0 Å². The molecule has 310 valence electrons. The molecular weight excluding hydrogens is 708 g/mol. The first-order valence-corrected chi connectivity index (χ1v) is 20.5. The molecule has 4 heterocycles. The van der Waals surface area contributed by atoms with E-state index in [2.05, 4.69) is 27.7 Å². The van der Waals surface area contributed by atoms with Gasteiger partial charge in [-0.05, 0) is 97.7 Å². The normalized spacial score (nSPS) is 60.1. The summed E-state index contributed by atoms with van der Waals surface area (Å²) in [5, 5.41) is 94.9.